The summed E-state index contributed by atoms with van der Waals surface area (Å²) in [6.45, 7) is 7.30. The molecule has 0 radical (unpaired) electrons. The van der Waals surface area contributed by atoms with Crippen molar-refractivity contribution >= 4 is 17.4 Å². The molecule has 1 atom stereocenters. The topological polar surface area (TPSA) is 29.0 Å². The molecule has 0 bridgehead atoms. The van der Waals surface area contributed by atoms with Crippen LogP contribution in [0.1, 0.15) is 27.2 Å². The number of anilines is 1. The molecule has 14 heavy (non-hydrogen) atoms. The van der Waals surface area contributed by atoms with Crippen LogP contribution in [0.3, 0.4) is 0 Å². The van der Waals surface area contributed by atoms with Crippen LogP contribution in [-0.4, -0.2) is 22.6 Å². The lowest BCUT2D eigenvalue weighted by Gasteiger charge is -2.28. The van der Waals surface area contributed by atoms with Crippen LogP contribution in [0.25, 0.3) is 0 Å². The summed E-state index contributed by atoms with van der Waals surface area (Å²) in [4.78, 5) is 10.4. The van der Waals surface area contributed by atoms with Gasteiger partial charge in [-0.25, -0.2) is 9.97 Å². The highest BCUT2D eigenvalue weighted by Crippen LogP contribution is 2.22. The Bertz CT molecular complexity index is 290. The smallest absolute Gasteiger partial charge is 0.171 e. The number of nitrogens with zero attached hydrogens (tertiary/aromatic N) is 3. The molecule has 0 N–H and O–H groups in total. The number of halogens is 1. The minimum Gasteiger partial charge on any atom is -0.352 e. The van der Waals surface area contributed by atoms with E-state index in [-0.39, 0.29) is 0 Å². The fourth-order valence-electron chi connectivity index (χ4n) is 1.40. The van der Waals surface area contributed by atoms with Gasteiger partial charge in [-0.15, -0.1) is 0 Å². The predicted molar refractivity (Wildman–Crippen MR) is 59.8 cm³/mol. The van der Waals surface area contributed by atoms with Crippen LogP contribution in [0.2, 0.25) is 5.15 Å². The van der Waals surface area contributed by atoms with Gasteiger partial charge in [0.1, 0.15) is 0 Å². The zero-order valence-electron chi connectivity index (χ0n) is 8.87. The van der Waals surface area contributed by atoms with Crippen LogP contribution in [-0.2, 0) is 0 Å². The van der Waals surface area contributed by atoms with Gasteiger partial charge in [0.15, 0.2) is 11.0 Å². The molecule has 0 spiro atoms. The standard InChI is InChI=1S/C10H16ClN3/c1-4-8(3)14(5-2)10-9(11)12-6-7-13-10/h6-8H,4-5H2,1-3H3. The average molecular weight is 214 g/mol. The molecule has 1 aromatic rings. The predicted octanol–water partition coefficient (Wildman–Crippen LogP) is 2.75. The third kappa shape index (κ3) is 2.35. The first kappa shape index (κ1) is 11.2. The molecule has 0 fully saturated rings. The molecule has 3 nitrogen and oxygen atoms in total. The van der Waals surface area contributed by atoms with E-state index in [1.807, 2.05) is 0 Å². The van der Waals surface area contributed by atoms with Crippen molar-refractivity contribution in [2.24, 2.45) is 0 Å². The second-order valence-electron chi connectivity index (χ2n) is 3.21. The Kier molecular flexibility index (Phi) is 4.14. The van der Waals surface area contributed by atoms with E-state index in [2.05, 4.69) is 35.6 Å². The van der Waals surface area contributed by atoms with Crippen LogP contribution in [0, 0.1) is 0 Å². The second kappa shape index (κ2) is 5.15. The first-order valence-electron chi connectivity index (χ1n) is 4.93. The van der Waals surface area contributed by atoms with Crippen molar-refractivity contribution < 1.29 is 0 Å². The van der Waals surface area contributed by atoms with E-state index in [4.69, 9.17) is 11.6 Å². The number of aromatic nitrogens is 2. The normalized spacial score (nSPS) is 12.6. The molecule has 1 rings (SSSR count). The van der Waals surface area contributed by atoms with E-state index in [0.717, 1.165) is 18.8 Å². The molecule has 0 aliphatic carbocycles. The van der Waals surface area contributed by atoms with Gasteiger partial charge in [0.05, 0.1) is 0 Å². The van der Waals surface area contributed by atoms with E-state index >= 15 is 0 Å². The Morgan fingerprint density at radius 1 is 1.36 bits per heavy atom. The van der Waals surface area contributed by atoms with Crippen molar-refractivity contribution in [1.82, 2.24) is 9.97 Å². The summed E-state index contributed by atoms with van der Waals surface area (Å²) in [5.74, 6) is 0.783. The second-order valence-corrected chi connectivity index (χ2v) is 3.57. The van der Waals surface area contributed by atoms with Gasteiger partial charge in [-0.05, 0) is 20.3 Å². The molecule has 0 saturated carbocycles. The van der Waals surface area contributed by atoms with Crippen LogP contribution < -0.4 is 4.90 Å². The average Bonchev–Trinajstić information content (AvgIpc) is 2.21. The largest absolute Gasteiger partial charge is 0.352 e. The third-order valence-electron chi connectivity index (χ3n) is 2.37. The molecule has 0 aliphatic heterocycles. The van der Waals surface area contributed by atoms with Gasteiger partial charge in [0, 0.05) is 25.0 Å². The molecule has 0 amide bonds. The van der Waals surface area contributed by atoms with Gasteiger partial charge in [0.2, 0.25) is 0 Å². The van der Waals surface area contributed by atoms with Crippen LogP contribution >= 0.6 is 11.6 Å². The van der Waals surface area contributed by atoms with Crippen molar-refractivity contribution in [3.05, 3.63) is 17.5 Å². The van der Waals surface area contributed by atoms with Crippen LogP contribution in [0.5, 0.6) is 0 Å². The highest BCUT2D eigenvalue weighted by molar-refractivity contribution is 6.31. The highest BCUT2D eigenvalue weighted by Gasteiger charge is 2.15. The molecule has 1 unspecified atom stereocenters. The van der Waals surface area contributed by atoms with Crippen LogP contribution in [0.4, 0.5) is 5.82 Å². The summed E-state index contributed by atoms with van der Waals surface area (Å²) >= 11 is 5.98. The Morgan fingerprint density at radius 2 is 2.00 bits per heavy atom. The lowest BCUT2D eigenvalue weighted by atomic mass is 10.2. The van der Waals surface area contributed by atoms with Crippen molar-refractivity contribution in [3.63, 3.8) is 0 Å². The minimum atomic E-state index is 0.439. The van der Waals surface area contributed by atoms with E-state index < -0.39 is 0 Å². The number of hydrogen-bond donors (Lipinski definition) is 0. The Hall–Kier alpha value is -0.830. The SMILES string of the molecule is CCC(C)N(CC)c1nccnc1Cl. The molecular formula is C10H16ClN3. The van der Waals surface area contributed by atoms with E-state index in [0.29, 0.717) is 11.2 Å². The van der Waals surface area contributed by atoms with Crippen LogP contribution in [0.15, 0.2) is 12.4 Å². The summed E-state index contributed by atoms with van der Waals surface area (Å²) in [5.41, 5.74) is 0. The van der Waals surface area contributed by atoms with Gasteiger partial charge >= 0.3 is 0 Å². The summed E-state index contributed by atoms with van der Waals surface area (Å²) in [5, 5.41) is 0.481. The molecule has 4 heteroatoms. The summed E-state index contributed by atoms with van der Waals surface area (Å²) in [6, 6.07) is 0.439. The van der Waals surface area contributed by atoms with E-state index in [1.54, 1.807) is 12.4 Å². The van der Waals surface area contributed by atoms with Gasteiger partial charge in [0.25, 0.3) is 0 Å². The first-order chi connectivity index (χ1) is 6.70. The quantitative estimate of drug-likeness (QED) is 0.770. The monoisotopic (exact) mass is 213 g/mol. The zero-order chi connectivity index (χ0) is 10.6. The molecule has 1 heterocycles. The summed E-state index contributed by atoms with van der Waals surface area (Å²) in [7, 11) is 0. The van der Waals surface area contributed by atoms with Crippen molar-refractivity contribution in [1.29, 1.82) is 0 Å². The first-order valence-corrected chi connectivity index (χ1v) is 5.31. The number of hydrogen-bond acceptors (Lipinski definition) is 3. The van der Waals surface area contributed by atoms with Gasteiger partial charge in [-0.3, -0.25) is 0 Å². The Morgan fingerprint density at radius 3 is 2.50 bits per heavy atom. The van der Waals surface area contributed by atoms with Crippen molar-refractivity contribution in [2.45, 2.75) is 33.2 Å². The molecule has 0 aliphatic rings. The fraction of sp³-hybridized carbons (Fsp3) is 0.600. The lowest BCUT2D eigenvalue weighted by Crippen LogP contribution is -2.33. The van der Waals surface area contributed by atoms with Gasteiger partial charge in [-0.2, -0.15) is 0 Å². The summed E-state index contributed by atoms with van der Waals surface area (Å²) < 4.78 is 0. The van der Waals surface area contributed by atoms with Crippen molar-refractivity contribution in [3.8, 4) is 0 Å². The maximum atomic E-state index is 5.98. The molecular weight excluding hydrogens is 198 g/mol. The van der Waals surface area contributed by atoms with E-state index in [1.165, 1.54) is 0 Å². The maximum absolute atomic E-state index is 5.98. The van der Waals surface area contributed by atoms with E-state index in [9.17, 15) is 0 Å². The Balaban J connectivity index is 2.94. The highest BCUT2D eigenvalue weighted by atomic mass is 35.5. The lowest BCUT2D eigenvalue weighted by molar-refractivity contribution is 0.622. The number of rotatable bonds is 4. The van der Waals surface area contributed by atoms with Gasteiger partial charge < -0.3 is 4.90 Å². The summed E-state index contributed by atoms with van der Waals surface area (Å²) in [6.07, 6.45) is 4.35. The molecule has 1 aromatic heterocycles. The molecule has 0 saturated heterocycles. The minimum absolute atomic E-state index is 0.439. The van der Waals surface area contributed by atoms with Gasteiger partial charge in [-0.1, -0.05) is 18.5 Å². The third-order valence-corrected chi connectivity index (χ3v) is 2.64. The zero-order valence-corrected chi connectivity index (χ0v) is 9.62. The fourth-order valence-corrected chi connectivity index (χ4v) is 1.61. The Labute approximate surface area is 90.1 Å². The molecule has 0 aromatic carbocycles. The van der Waals surface area contributed by atoms with Crippen molar-refractivity contribution in [2.75, 3.05) is 11.4 Å². The molecule has 78 valence electrons. The maximum Gasteiger partial charge on any atom is 0.171 e.